The Morgan fingerprint density at radius 3 is 2.30 bits per heavy atom. The number of pyridine rings is 1. The lowest BCUT2D eigenvalue weighted by atomic mass is 10.2. The van der Waals surface area contributed by atoms with Gasteiger partial charge in [-0.25, -0.2) is 22.9 Å². The normalized spacial score (nSPS) is 10.3. The molecule has 0 fully saturated rings. The van der Waals surface area contributed by atoms with Crippen LogP contribution in [0, 0.1) is 17.5 Å². The molecular formula is C12H8F3N3O2. The summed E-state index contributed by atoms with van der Waals surface area (Å²) < 4.78 is 39.6. The van der Waals surface area contributed by atoms with Crippen LogP contribution in [0.15, 0.2) is 24.4 Å². The van der Waals surface area contributed by atoms with Crippen LogP contribution in [0.5, 0.6) is 0 Å². The molecule has 5 nitrogen and oxygen atoms in total. The highest BCUT2D eigenvalue weighted by atomic mass is 19.1. The van der Waals surface area contributed by atoms with Gasteiger partial charge >= 0.3 is 5.97 Å². The zero-order valence-electron chi connectivity index (χ0n) is 9.82. The Balaban J connectivity index is 2.38. The zero-order valence-corrected chi connectivity index (χ0v) is 9.82. The van der Waals surface area contributed by atoms with E-state index in [1.54, 1.807) is 0 Å². The van der Waals surface area contributed by atoms with E-state index >= 15 is 0 Å². The summed E-state index contributed by atoms with van der Waals surface area (Å²) in [6.45, 7) is 0. The number of nitrogen functional groups attached to an aromatic ring is 1. The molecule has 1 aromatic carbocycles. The SMILES string of the molecule is Nc1cc(C(=O)O)cnc1Nc1c(F)cc(F)cc1F. The second-order valence-electron chi connectivity index (χ2n) is 3.84. The van der Waals surface area contributed by atoms with Gasteiger partial charge in [-0.1, -0.05) is 0 Å². The van der Waals surface area contributed by atoms with E-state index in [1.807, 2.05) is 0 Å². The zero-order chi connectivity index (χ0) is 14.9. The summed E-state index contributed by atoms with van der Waals surface area (Å²) in [5.74, 6) is -4.76. The van der Waals surface area contributed by atoms with Gasteiger partial charge < -0.3 is 16.2 Å². The molecule has 0 unspecified atom stereocenters. The first-order valence-corrected chi connectivity index (χ1v) is 5.29. The Labute approximate surface area is 110 Å². The number of nitrogens with one attached hydrogen (secondary N) is 1. The molecule has 0 spiro atoms. The molecule has 2 rings (SSSR count). The van der Waals surface area contributed by atoms with Gasteiger partial charge in [-0.3, -0.25) is 0 Å². The standard InChI is InChI=1S/C12H8F3N3O2/c13-6-2-7(14)10(8(15)3-6)18-11-9(16)1-5(4-17-11)12(19)20/h1-4H,16H2,(H,17,18)(H,19,20). The van der Waals surface area contributed by atoms with Crippen molar-refractivity contribution in [3.05, 3.63) is 47.4 Å². The molecule has 2 aromatic rings. The molecule has 0 amide bonds. The molecule has 104 valence electrons. The highest BCUT2D eigenvalue weighted by Gasteiger charge is 2.14. The predicted molar refractivity (Wildman–Crippen MR) is 65.2 cm³/mol. The fourth-order valence-electron chi connectivity index (χ4n) is 1.48. The smallest absolute Gasteiger partial charge is 0.337 e. The number of rotatable bonds is 3. The van der Waals surface area contributed by atoms with Crippen LogP contribution in [0.4, 0.5) is 30.4 Å². The number of benzene rings is 1. The maximum Gasteiger partial charge on any atom is 0.337 e. The average molecular weight is 283 g/mol. The maximum absolute atomic E-state index is 13.4. The van der Waals surface area contributed by atoms with E-state index in [4.69, 9.17) is 10.8 Å². The van der Waals surface area contributed by atoms with E-state index < -0.39 is 29.1 Å². The molecule has 0 radical (unpaired) electrons. The van der Waals surface area contributed by atoms with Crippen LogP contribution < -0.4 is 11.1 Å². The van der Waals surface area contributed by atoms with Gasteiger partial charge in [0.15, 0.2) is 17.5 Å². The Morgan fingerprint density at radius 2 is 1.80 bits per heavy atom. The quantitative estimate of drug-likeness (QED) is 0.805. The summed E-state index contributed by atoms with van der Waals surface area (Å²) in [6, 6.07) is 2.07. The summed E-state index contributed by atoms with van der Waals surface area (Å²) in [4.78, 5) is 14.3. The minimum absolute atomic E-state index is 0.118. The van der Waals surface area contributed by atoms with Crippen molar-refractivity contribution in [2.24, 2.45) is 0 Å². The van der Waals surface area contributed by atoms with E-state index in [1.165, 1.54) is 0 Å². The van der Waals surface area contributed by atoms with Crippen molar-refractivity contribution in [1.29, 1.82) is 0 Å². The fourth-order valence-corrected chi connectivity index (χ4v) is 1.48. The second-order valence-corrected chi connectivity index (χ2v) is 3.84. The van der Waals surface area contributed by atoms with Gasteiger partial charge in [-0.05, 0) is 6.07 Å². The summed E-state index contributed by atoms with van der Waals surface area (Å²) in [6.07, 6.45) is 0.973. The molecule has 0 saturated carbocycles. The third-order valence-electron chi connectivity index (χ3n) is 2.41. The largest absolute Gasteiger partial charge is 0.478 e. The molecule has 8 heteroatoms. The molecule has 0 saturated heterocycles. The van der Waals surface area contributed by atoms with Crippen molar-refractivity contribution in [2.75, 3.05) is 11.1 Å². The third-order valence-corrected chi connectivity index (χ3v) is 2.41. The maximum atomic E-state index is 13.4. The van der Waals surface area contributed by atoms with Gasteiger partial charge in [0.2, 0.25) is 0 Å². The molecule has 20 heavy (non-hydrogen) atoms. The second kappa shape index (κ2) is 5.08. The van der Waals surface area contributed by atoms with E-state index in [0.717, 1.165) is 12.3 Å². The molecule has 0 bridgehead atoms. The summed E-state index contributed by atoms with van der Waals surface area (Å²) in [5, 5.41) is 11.0. The number of nitrogens with two attached hydrogens (primary N) is 1. The number of carboxylic acid groups (broad SMARTS) is 1. The van der Waals surface area contributed by atoms with Crippen molar-refractivity contribution in [3.8, 4) is 0 Å². The van der Waals surface area contributed by atoms with Gasteiger partial charge in [-0.15, -0.1) is 0 Å². The van der Waals surface area contributed by atoms with E-state index in [0.29, 0.717) is 12.1 Å². The number of aromatic carboxylic acids is 1. The lowest BCUT2D eigenvalue weighted by Crippen LogP contribution is -2.06. The Bertz CT molecular complexity index is 669. The van der Waals surface area contributed by atoms with Gasteiger partial charge in [0.05, 0.1) is 11.3 Å². The Morgan fingerprint density at radius 1 is 1.20 bits per heavy atom. The van der Waals surface area contributed by atoms with Crippen LogP contribution in [0.25, 0.3) is 0 Å². The van der Waals surface area contributed by atoms with Gasteiger partial charge in [-0.2, -0.15) is 0 Å². The molecule has 4 N–H and O–H groups in total. The molecular weight excluding hydrogens is 275 g/mol. The van der Waals surface area contributed by atoms with Crippen molar-refractivity contribution in [1.82, 2.24) is 4.98 Å². The highest BCUT2D eigenvalue weighted by Crippen LogP contribution is 2.26. The van der Waals surface area contributed by atoms with Gasteiger partial charge in [0.1, 0.15) is 11.5 Å². The van der Waals surface area contributed by atoms with E-state index in [2.05, 4.69) is 10.3 Å². The monoisotopic (exact) mass is 283 g/mol. The minimum atomic E-state index is -1.24. The van der Waals surface area contributed by atoms with Crippen LogP contribution in [0.2, 0.25) is 0 Å². The van der Waals surface area contributed by atoms with Crippen molar-refractivity contribution >= 4 is 23.2 Å². The average Bonchev–Trinajstić information content (AvgIpc) is 2.34. The Kier molecular flexibility index (Phi) is 3.47. The van der Waals surface area contributed by atoms with Crippen LogP contribution in [0.3, 0.4) is 0 Å². The third kappa shape index (κ3) is 2.63. The van der Waals surface area contributed by atoms with Crippen molar-refractivity contribution in [3.63, 3.8) is 0 Å². The number of halogens is 3. The summed E-state index contributed by atoms with van der Waals surface area (Å²) in [7, 11) is 0. The first-order valence-electron chi connectivity index (χ1n) is 5.29. The topological polar surface area (TPSA) is 88.2 Å². The lowest BCUT2D eigenvalue weighted by molar-refractivity contribution is 0.0696. The lowest BCUT2D eigenvalue weighted by Gasteiger charge is -2.10. The van der Waals surface area contributed by atoms with Gasteiger partial charge in [0.25, 0.3) is 0 Å². The first kappa shape index (κ1) is 13.7. The molecule has 0 aliphatic heterocycles. The molecule has 0 atom stereocenters. The number of nitrogens with zero attached hydrogens (tertiary/aromatic N) is 1. The van der Waals surface area contributed by atoms with E-state index in [9.17, 15) is 18.0 Å². The fraction of sp³-hybridized carbons (Fsp3) is 0. The van der Waals surface area contributed by atoms with Crippen LogP contribution >= 0.6 is 0 Å². The van der Waals surface area contributed by atoms with Crippen LogP contribution in [0.1, 0.15) is 10.4 Å². The molecule has 1 heterocycles. The number of hydrogen-bond acceptors (Lipinski definition) is 4. The molecule has 1 aromatic heterocycles. The number of carboxylic acids is 1. The van der Waals surface area contributed by atoms with Crippen LogP contribution in [-0.2, 0) is 0 Å². The van der Waals surface area contributed by atoms with Crippen LogP contribution in [-0.4, -0.2) is 16.1 Å². The van der Waals surface area contributed by atoms with Gasteiger partial charge in [0, 0.05) is 18.3 Å². The number of hydrogen-bond donors (Lipinski definition) is 3. The molecule has 0 aliphatic carbocycles. The highest BCUT2D eigenvalue weighted by molar-refractivity contribution is 5.89. The molecule has 0 aliphatic rings. The van der Waals surface area contributed by atoms with Crippen molar-refractivity contribution in [2.45, 2.75) is 0 Å². The minimum Gasteiger partial charge on any atom is -0.478 e. The number of carbonyl (C=O) groups is 1. The van der Waals surface area contributed by atoms with E-state index in [-0.39, 0.29) is 17.1 Å². The summed E-state index contributed by atoms with van der Waals surface area (Å²) >= 11 is 0. The van der Waals surface area contributed by atoms with Crippen molar-refractivity contribution < 1.29 is 23.1 Å². The Hall–Kier alpha value is -2.77. The number of anilines is 3. The summed E-state index contributed by atoms with van der Waals surface area (Å²) in [5.41, 5.74) is 4.61. The predicted octanol–water partition coefficient (Wildman–Crippen LogP) is 2.52. The first-order chi connectivity index (χ1) is 9.38. The number of aromatic nitrogens is 1.